The van der Waals surface area contributed by atoms with Crippen molar-refractivity contribution >= 4 is 183 Å². The summed E-state index contributed by atoms with van der Waals surface area (Å²) < 4.78 is 9.65. The van der Waals surface area contributed by atoms with Crippen molar-refractivity contribution in [2.45, 2.75) is 0 Å². The largest absolute Gasteiger partial charge is 0.0622 e. The van der Waals surface area contributed by atoms with Crippen molar-refractivity contribution in [2.75, 3.05) is 0 Å². The molecule has 0 aromatic heterocycles. The predicted molar refractivity (Wildman–Crippen MR) is 162 cm³/mol. The van der Waals surface area contributed by atoms with E-state index >= 15 is 0 Å². The van der Waals surface area contributed by atoms with Crippen LogP contribution in [0.1, 0.15) is 0 Å². The molecule has 29 heavy (non-hydrogen) atoms. The molecule has 0 saturated carbocycles. The van der Waals surface area contributed by atoms with Crippen LogP contribution < -0.4 is 15.9 Å². The van der Waals surface area contributed by atoms with Gasteiger partial charge in [0, 0.05) is 55.3 Å². The first-order valence-electron chi connectivity index (χ1n) is 7.47. The van der Waals surface area contributed by atoms with Crippen LogP contribution in [-0.4, -0.2) is 0 Å². The number of hydrogen-bond donors (Lipinski definition) is 0. The van der Waals surface area contributed by atoms with Gasteiger partial charge in [-0.2, -0.15) is 0 Å². The number of rotatable bonds is 3. The minimum absolute atomic E-state index is 0.944. The zero-order valence-electron chi connectivity index (χ0n) is 13.6. The Morgan fingerprint density at radius 3 is 0.966 bits per heavy atom. The van der Waals surface area contributed by atoms with E-state index in [1.807, 2.05) is 6.07 Å². The standard InChI is InChI=1S/C18H5Br10P/c19-7-9(21)13(25)17(14(26)10(7)22)29(6-4-2-1-3-5-6)18-15(27)11(23)8(20)12(24)16(18)28/h1-5H. The molecule has 0 saturated heterocycles. The smallest absolute Gasteiger partial charge is 0.0482 e. The average molecular weight is 1050 g/mol. The third-order valence-corrected chi connectivity index (χ3v) is 19.9. The topological polar surface area (TPSA) is 0 Å². The first-order valence-corrected chi connectivity index (χ1v) is 16.7. The van der Waals surface area contributed by atoms with Gasteiger partial charge in [0.1, 0.15) is 0 Å². The van der Waals surface area contributed by atoms with E-state index in [4.69, 9.17) is 0 Å². The Morgan fingerprint density at radius 2 is 0.655 bits per heavy atom. The van der Waals surface area contributed by atoms with Crippen LogP contribution in [0.2, 0.25) is 0 Å². The highest BCUT2D eigenvalue weighted by Gasteiger charge is 2.31. The maximum Gasteiger partial charge on any atom is 0.0482 e. The van der Waals surface area contributed by atoms with Crippen molar-refractivity contribution in [3.63, 3.8) is 0 Å². The van der Waals surface area contributed by atoms with Crippen molar-refractivity contribution in [3.8, 4) is 0 Å². The van der Waals surface area contributed by atoms with Gasteiger partial charge in [0.25, 0.3) is 0 Å². The molecular formula is C18H5Br10P. The van der Waals surface area contributed by atoms with Crippen LogP contribution in [0.25, 0.3) is 0 Å². The number of halogens is 10. The molecule has 0 N–H and O–H groups in total. The summed E-state index contributed by atoms with van der Waals surface area (Å²) in [5, 5.41) is 3.51. The molecule has 0 fully saturated rings. The van der Waals surface area contributed by atoms with Gasteiger partial charge in [-0.15, -0.1) is 0 Å². The third-order valence-electron chi connectivity index (χ3n) is 3.83. The predicted octanol–water partition coefficient (Wildman–Crippen LogP) is 11.1. The molecule has 0 nitrogen and oxygen atoms in total. The van der Waals surface area contributed by atoms with E-state index in [0.717, 1.165) is 55.3 Å². The van der Waals surface area contributed by atoms with Crippen LogP contribution in [-0.2, 0) is 0 Å². The zero-order chi connectivity index (χ0) is 21.6. The van der Waals surface area contributed by atoms with Gasteiger partial charge in [-0.1, -0.05) is 30.3 Å². The molecule has 3 aromatic rings. The summed E-state index contributed by atoms with van der Waals surface area (Å²) >= 11 is 37.5. The second-order valence-corrected chi connectivity index (χ2v) is 15.5. The average Bonchev–Trinajstić information content (AvgIpc) is 2.73. The van der Waals surface area contributed by atoms with Crippen LogP contribution in [0.3, 0.4) is 0 Å². The highest BCUT2D eigenvalue weighted by atomic mass is 79.9. The molecule has 0 radical (unpaired) electrons. The van der Waals surface area contributed by atoms with Gasteiger partial charge in [-0.25, -0.2) is 0 Å². The molecule has 0 bridgehead atoms. The van der Waals surface area contributed by atoms with Gasteiger partial charge in [-0.3, -0.25) is 0 Å². The lowest BCUT2D eigenvalue weighted by molar-refractivity contribution is 1.48. The lowest BCUT2D eigenvalue weighted by atomic mass is 10.3. The summed E-state index contributed by atoms with van der Waals surface area (Å²) in [5.74, 6) is 0. The normalized spacial score (nSPS) is 11.4. The minimum Gasteiger partial charge on any atom is -0.0622 e. The summed E-state index contributed by atoms with van der Waals surface area (Å²) in [6, 6.07) is 10.5. The van der Waals surface area contributed by atoms with Crippen molar-refractivity contribution < 1.29 is 0 Å². The Morgan fingerprint density at radius 1 is 0.379 bits per heavy atom. The quantitative estimate of drug-likeness (QED) is 0.139. The Labute approximate surface area is 254 Å². The van der Waals surface area contributed by atoms with Gasteiger partial charge in [0.15, 0.2) is 0 Å². The zero-order valence-corrected chi connectivity index (χ0v) is 30.4. The lowest BCUT2D eigenvalue weighted by Gasteiger charge is -2.27. The summed E-state index contributed by atoms with van der Waals surface area (Å²) in [4.78, 5) is 0. The summed E-state index contributed by atoms with van der Waals surface area (Å²) in [6.07, 6.45) is 0. The van der Waals surface area contributed by atoms with E-state index < -0.39 is 7.92 Å². The molecule has 3 aromatic carbocycles. The molecule has 0 aliphatic rings. The van der Waals surface area contributed by atoms with Gasteiger partial charge < -0.3 is 0 Å². The van der Waals surface area contributed by atoms with Gasteiger partial charge >= 0.3 is 0 Å². The van der Waals surface area contributed by atoms with E-state index in [1.165, 1.54) is 5.30 Å². The molecule has 152 valence electrons. The lowest BCUT2D eigenvalue weighted by Crippen LogP contribution is -2.25. The van der Waals surface area contributed by atoms with Gasteiger partial charge in [-0.05, 0) is 173 Å². The molecule has 0 heterocycles. The maximum atomic E-state index is 3.84. The fourth-order valence-electron chi connectivity index (χ4n) is 2.53. The van der Waals surface area contributed by atoms with Crippen LogP contribution in [0.4, 0.5) is 0 Å². The Balaban J connectivity index is 2.50. The Kier molecular flexibility index (Phi) is 10.1. The SMILES string of the molecule is Brc1c(Br)c(Br)c(P(c2ccccc2)c2c(Br)c(Br)c(Br)c(Br)c2Br)c(Br)c1Br. The van der Waals surface area contributed by atoms with E-state index in [0.29, 0.717) is 0 Å². The van der Waals surface area contributed by atoms with Crippen LogP contribution >= 0.6 is 167 Å². The highest BCUT2D eigenvalue weighted by Crippen LogP contribution is 2.52. The van der Waals surface area contributed by atoms with Crippen molar-refractivity contribution in [1.82, 2.24) is 0 Å². The summed E-state index contributed by atoms with van der Waals surface area (Å²) in [6.45, 7) is 0. The second kappa shape index (κ2) is 11.1. The fourth-order valence-corrected chi connectivity index (χ4v) is 13.8. The molecule has 0 amide bonds. The molecule has 11 heteroatoms. The highest BCUT2D eigenvalue weighted by molar-refractivity contribution is 9.16. The molecule has 0 spiro atoms. The Bertz CT molecular complexity index is 986. The van der Waals surface area contributed by atoms with E-state index in [2.05, 4.69) is 184 Å². The molecule has 0 aliphatic heterocycles. The van der Waals surface area contributed by atoms with Crippen LogP contribution in [0.15, 0.2) is 75.1 Å². The van der Waals surface area contributed by atoms with Crippen molar-refractivity contribution in [1.29, 1.82) is 0 Å². The fraction of sp³-hybridized carbons (Fsp3) is 0. The molecule has 3 rings (SSSR count). The van der Waals surface area contributed by atoms with Crippen molar-refractivity contribution in [3.05, 3.63) is 75.1 Å². The molecular weight excluding hydrogens is 1050 g/mol. The number of hydrogen-bond acceptors (Lipinski definition) is 0. The van der Waals surface area contributed by atoms with Gasteiger partial charge in [0.05, 0.1) is 0 Å². The van der Waals surface area contributed by atoms with E-state index in [-0.39, 0.29) is 0 Å². The summed E-state index contributed by atoms with van der Waals surface area (Å²) in [7, 11) is -0.968. The van der Waals surface area contributed by atoms with Gasteiger partial charge in [0.2, 0.25) is 0 Å². The maximum absolute atomic E-state index is 3.84. The summed E-state index contributed by atoms with van der Waals surface area (Å²) in [5.41, 5.74) is 0. The third kappa shape index (κ3) is 5.13. The number of benzene rings is 3. The van der Waals surface area contributed by atoms with E-state index in [1.54, 1.807) is 0 Å². The molecule has 0 unspecified atom stereocenters. The molecule has 0 aliphatic carbocycles. The van der Waals surface area contributed by atoms with E-state index in [9.17, 15) is 0 Å². The Hall–Kier alpha value is 2.89. The molecule has 0 atom stereocenters. The first-order chi connectivity index (χ1) is 13.6. The first kappa shape index (κ1) is 26.5. The monoisotopic (exact) mass is 1040 g/mol. The van der Waals surface area contributed by atoms with Crippen LogP contribution in [0, 0.1) is 0 Å². The minimum atomic E-state index is -0.968. The van der Waals surface area contributed by atoms with Crippen LogP contribution in [0.5, 0.6) is 0 Å². The second-order valence-electron chi connectivity index (χ2n) is 5.51. The van der Waals surface area contributed by atoms with Crippen molar-refractivity contribution in [2.24, 2.45) is 0 Å².